The van der Waals surface area contributed by atoms with Crippen LogP contribution in [-0.2, 0) is 18.5 Å². The van der Waals surface area contributed by atoms with Gasteiger partial charge in [-0.1, -0.05) is 49.6 Å². The highest BCUT2D eigenvalue weighted by atomic mass is 32.2. The van der Waals surface area contributed by atoms with Crippen LogP contribution >= 0.6 is 11.8 Å². The minimum absolute atomic E-state index is 0.00495. The number of para-hydroxylation sites is 1. The van der Waals surface area contributed by atoms with Crippen molar-refractivity contribution < 1.29 is 22.4 Å². The average Bonchev–Trinajstić information content (AvgIpc) is 3.15. The third-order valence-corrected chi connectivity index (χ3v) is 7.03. The summed E-state index contributed by atoms with van der Waals surface area (Å²) in [6.45, 7) is -0.00495. The molecule has 31 heavy (non-hydrogen) atoms. The summed E-state index contributed by atoms with van der Waals surface area (Å²) in [5.41, 5.74) is 1.16. The number of rotatable bonds is 6. The molecule has 7 heteroatoms. The van der Waals surface area contributed by atoms with Crippen LogP contribution in [-0.4, -0.2) is 11.2 Å². The van der Waals surface area contributed by atoms with Gasteiger partial charge in [0.1, 0.15) is 5.58 Å². The summed E-state index contributed by atoms with van der Waals surface area (Å²) in [7, 11) is 0. The van der Waals surface area contributed by atoms with Gasteiger partial charge in [0.25, 0.3) is 5.91 Å². The Balaban J connectivity index is 1.50. The van der Waals surface area contributed by atoms with Crippen LogP contribution in [0.3, 0.4) is 0 Å². The maximum absolute atomic E-state index is 12.9. The normalized spacial score (nSPS) is 15.3. The minimum Gasteiger partial charge on any atom is -0.451 e. The van der Waals surface area contributed by atoms with Gasteiger partial charge >= 0.3 is 6.18 Å². The van der Waals surface area contributed by atoms with Crippen molar-refractivity contribution in [2.24, 2.45) is 0 Å². The Hall–Kier alpha value is -2.41. The number of halogens is 3. The number of carbonyl (C=O) groups excluding carboxylic acids is 1. The Morgan fingerprint density at radius 3 is 2.61 bits per heavy atom. The second-order valence-corrected chi connectivity index (χ2v) is 9.15. The molecule has 1 aromatic heterocycles. The lowest BCUT2D eigenvalue weighted by molar-refractivity contribution is -0.137. The van der Waals surface area contributed by atoms with Gasteiger partial charge in [0.2, 0.25) is 0 Å². The summed E-state index contributed by atoms with van der Waals surface area (Å²) in [4.78, 5) is 12.9. The Morgan fingerprint density at radius 2 is 1.84 bits per heavy atom. The number of thioether (sulfide) groups is 1. The molecule has 0 atom stereocenters. The zero-order valence-corrected chi connectivity index (χ0v) is 17.8. The summed E-state index contributed by atoms with van der Waals surface area (Å²) in [6.07, 6.45) is 1.74. The molecule has 1 amide bonds. The van der Waals surface area contributed by atoms with Crippen molar-refractivity contribution in [1.82, 2.24) is 5.32 Å². The third-order valence-electron chi connectivity index (χ3n) is 5.63. The van der Waals surface area contributed by atoms with Crippen molar-refractivity contribution in [2.45, 2.75) is 55.8 Å². The van der Waals surface area contributed by atoms with Gasteiger partial charge in [-0.25, -0.2) is 0 Å². The molecule has 4 rings (SSSR count). The predicted octanol–water partition coefficient (Wildman–Crippen LogP) is 6.95. The Bertz CT molecular complexity index is 1050. The first-order valence-electron chi connectivity index (χ1n) is 10.5. The maximum atomic E-state index is 12.9. The number of benzene rings is 2. The first-order valence-corrected chi connectivity index (χ1v) is 11.5. The monoisotopic (exact) mass is 447 g/mol. The van der Waals surface area contributed by atoms with Crippen molar-refractivity contribution in [3.8, 4) is 0 Å². The molecule has 3 aromatic rings. The number of nitrogens with one attached hydrogen (secondary N) is 1. The fourth-order valence-electron chi connectivity index (χ4n) is 3.98. The van der Waals surface area contributed by atoms with Crippen LogP contribution in [0.4, 0.5) is 13.2 Å². The second-order valence-electron chi connectivity index (χ2n) is 7.86. The predicted molar refractivity (Wildman–Crippen MR) is 117 cm³/mol. The molecular formula is C24H24F3NO2S. The van der Waals surface area contributed by atoms with E-state index in [1.54, 1.807) is 6.07 Å². The molecule has 2 aromatic carbocycles. The lowest BCUT2D eigenvalue weighted by Gasteiger charge is -2.20. The van der Waals surface area contributed by atoms with Crippen molar-refractivity contribution in [1.29, 1.82) is 0 Å². The molecule has 1 aliphatic carbocycles. The van der Waals surface area contributed by atoms with E-state index in [9.17, 15) is 18.0 Å². The number of amides is 1. The van der Waals surface area contributed by atoms with Crippen LogP contribution < -0.4 is 5.32 Å². The summed E-state index contributed by atoms with van der Waals surface area (Å²) in [6, 6.07) is 12.5. The van der Waals surface area contributed by atoms with E-state index in [1.165, 1.54) is 38.2 Å². The summed E-state index contributed by atoms with van der Waals surface area (Å²) >= 11 is 1.86. The molecule has 0 spiro atoms. The molecule has 1 N–H and O–H groups in total. The fraction of sp³-hybridized carbons (Fsp3) is 0.375. The molecule has 0 bridgehead atoms. The van der Waals surface area contributed by atoms with E-state index in [0.29, 0.717) is 22.1 Å². The number of alkyl halides is 3. The number of fused-ring (bicyclic) bond motifs is 1. The molecular weight excluding hydrogens is 423 g/mol. The molecule has 1 heterocycles. The van der Waals surface area contributed by atoms with E-state index in [-0.39, 0.29) is 12.3 Å². The lowest BCUT2D eigenvalue weighted by atomic mass is 10.0. The number of hydrogen-bond donors (Lipinski definition) is 1. The molecule has 3 nitrogen and oxygen atoms in total. The molecule has 1 aliphatic rings. The van der Waals surface area contributed by atoms with Crippen LogP contribution in [0.5, 0.6) is 0 Å². The fourth-order valence-corrected chi connectivity index (χ4v) is 5.33. The SMILES string of the molecule is O=C(NCc1cccc(C(F)(F)F)c1)c1oc2ccccc2c1CSC1CCCCC1. The number of hydrogen-bond acceptors (Lipinski definition) is 3. The maximum Gasteiger partial charge on any atom is 0.416 e. The lowest BCUT2D eigenvalue weighted by Crippen LogP contribution is -2.23. The Morgan fingerprint density at radius 1 is 1.06 bits per heavy atom. The summed E-state index contributed by atoms with van der Waals surface area (Å²) in [5, 5.41) is 4.22. The zero-order valence-electron chi connectivity index (χ0n) is 17.0. The van der Waals surface area contributed by atoms with E-state index in [1.807, 2.05) is 36.0 Å². The highest BCUT2D eigenvalue weighted by Gasteiger charge is 2.30. The zero-order chi connectivity index (χ0) is 21.8. The van der Waals surface area contributed by atoms with E-state index in [4.69, 9.17) is 4.42 Å². The quantitative estimate of drug-likeness (QED) is 0.445. The topological polar surface area (TPSA) is 42.2 Å². The van der Waals surface area contributed by atoms with Crippen LogP contribution in [0.1, 0.15) is 59.3 Å². The van der Waals surface area contributed by atoms with Crippen LogP contribution in [0, 0.1) is 0 Å². The molecule has 0 unspecified atom stereocenters. The van der Waals surface area contributed by atoms with Gasteiger partial charge in [0.05, 0.1) is 5.56 Å². The van der Waals surface area contributed by atoms with Gasteiger partial charge in [-0.3, -0.25) is 4.79 Å². The van der Waals surface area contributed by atoms with Crippen LogP contribution in [0.25, 0.3) is 11.0 Å². The molecule has 1 fully saturated rings. The smallest absolute Gasteiger partial charge is 0.416 e. The van der Waals surface area contributed by atoms with Crippen LogP contribution in [0.2, 0.25) is 0 Å². The minimum atomic E-state index is -4.41. The van der Waals surface area contributed by atoms with Gasteiger partial charge < -0.3 is 9.73 Å². The van der Waals surface area contributed by atoms with Crippen molar-refractivity contribution >= 4 is 28.6 Å². The molecule has 0 radical (unpaired) electrons. The molecule has 164 valence electrons. The Labute approximate surface area is 183 Å². The van der Waals surface area contributed by atoms with Crippen molar-refractivity contribution in [3.63, 3.8) is 0 Å². The third kappa shape index (κ3) is 5.26. The average molecular weight is 448 g/mol. The highest BCUT2D eigenvalue weighted by molar-refractivity contribution is 7.99. The first kappa shape index (κ1) is 21.8. The van der Waals surface area contributed by atoms with E-state index >= 15 is 0 Å². The first-order chi connectivity index (χ1) is 14.9. The van der Waals surface area contributed by atoms with Gasteiger partial charge in [-0.15, -0.1) is 0 Å². The van der Waals surface area contributed by atoms with Crippen molar-refractivity contribution in [2.75, 3.05) is 0 Å². The van der Waals surface area contributed by atoms with Crippen molar-refractivity contribution in [3.05, 3.63) is 71.0 Å². The van der Waals surface area contributed by atoms with E-state index < -0.39 is 17.6 Å². The number of furan rings is 1. The van der Waals surface area contributed by atoms with Gasteiger partial charge in [-0.05, 0) is 36.6 Å². The van der Waals surface area contributed by atoms with Gasteiger partial charge in [0, 0.05) is 28.5 Å². The van der Waals surface area contributed by atoms with Crippen LogP contribution in [0.15, 0.2) is 52.9 Å². The second kappa shape index (κ2) is 9.39. The molecule has 0 saturated heterocycles. The van der Waals surface area contributed by atoms with E-state index in [0.717, 1.165) is 23.1 Å². The standard InChI is InChI=1S/C24H24F3NO2S/c25-24(26,27)17-8-6-7-16(13-17)14-28-23(29)22-20(15-31-18-9-2-1-3-10-18)19-11-4-5-12-21(19)30-22/h4-8,11-13,18H,1-3,9-10,14-15H2,(H,28,29). The number of carbonyl (C=O) groups is 1. The summed E-state index contributed by atoms with van der Waals surface area (Å²) in [5.74, 6) is 0.512. The van der Waals surface area contributed by atoms with Gasteiger partial charge in [0.15, 0.2) is 5.76 Å². The largest absolute Gasteiger partial charge is 0.451 e. The molecule has 0 aliphatic heterocycles. The highest BCUT2D eigenvalue weighted by Crippen LogP contribution is 2.35. The molecule has 1 saturated carbocycles. The van der Waals surface area contributed by atoms with E-state index in [2.05, 4.69) is 5.32 Å². The Kier molecular flexibility index (Phi) is 6.60. The summed E-state index contributed by atoms with van der Waals surface area (Å²) < 4.78 is 44.7. The van der Waals surface area contributed by atoms with Gasteiger partial charge in [-0.2, -0.15) is 24.9 Å².